The Morgan fingerprint density at radius 3 is 1.53 bits per heavy atom. The highest BCUT2D eigenvalue weighted by atomic mass is 16.4. The molecule has 0 saturated heterocycles. The summed E-state index contributed by atoms with van der Waals surface area (Å²) in [6, 6.07) is 20.7. The largest absolute Gasteiger partial charge is 0.425 e. The van der Waals surface area contributed by atoms with E-state index in [9.17, 15) is 0 Å². The van der Waals surface area contributed by atoms with E-state index in [0.717, 1.165) is 0 Å². The first-order chi connectivity index (χ1) is 8.27. The molecule has 0 bridgehead atoms. The van der Waals surface area contributed by atoms with Crippen molar-refractivity contribution in [2.75, 3.05) is 0 Å². The Hall–Kier alpha value is -1.54. The maximum absolute atomic E-state index is 6.02. The topological polar surface area (TPSA) is 9.23 Å². The molecule has 0 aliphatic rings. The number of benzene rings is 2. The van der Waals surface area contributed by atoms with Gasteiger partial charge in [-0.1, -0.05) is 60.7 Å². The second-order valence-corrected chi connectivity index (χ2v) is 4.39. The van der Waals surface area contributed by atoms with Gasteiger partial charge in [-0.25, -0.2) is 0 Å². The first-order valence-electron chi connectivity index (χ1n) is 6.02. The standard InChI is InChI=1S/C15H17BO/c1-13(2)17-16(14-9-5-3-6-10-14)15-11-7-4-8-12-15/h3-13H,1-2H3. The summed E-state index contributed by atoms with van der Waals surface area (Å²) in [7, 11) is 0. The first-order valence-corrected chi connectivity index (χ1v) is 6.02. The van der Waals surface area contributed by atoms with Gasteiger partial charge >= 0.3 is 6.92 Å². The molecular formula is C15H17BO. The minimum Gasteiger partial charge on any atom is -0.425 e. The van der Waals surface area contributed by atoms with Crippen LogP contribution in [0.2, 0.25) is 0 Å². The molecule has 17 heavy (non-hydrogen) atoms. The lowest BCUT2D eigenvalue weighted by atomic mass is 9.55. The number of rotatable bonds is 4. The average molecular weight is 224 g/mol. The molecule has 0 heterocycles. The Balaban J connectivity index is 2.32. The van der Waals surface area contributed by atoms with Gasteiger partial charge in [-0.2, -0.15) is 0 Å². The van der Waals surface area contributed by atoms with Gasteiger partial charge < -0.3 is 4.65 Å². The molecule has 0 aliphatic heterocycles. The number of hydrogen-bond acceptors (Lipinski definition) is 1. The Bertz CT molecular complexity index is 399. The van der Waals surface area contributed by atoms with Crippen LogP contribution in [0, 0.1) is 0 Å². The number of hydrogen-bond donors (Lipinski definition) is 0. The quantitative estimate of drug-likeness (QED) is 0.723. The zero-order chi connectivity index (χ0) is 12.1. The van der Waals surface area contributed by atoms with Crippen LogP contribution in [0.4, 0.5) is 0 Å². The minimum atomic E-state index is 0.0254. The lowest BCUT2D eigenvalue weighted by molar-refractivity contribution is 0.253. The van der Waals surface area contributed by atoms with Crippen LogP contribution in [-0.4, -0.2) is 13.0 Å². The zero-order valence-corrected chi connectivity index (χ0v) is 10.3. The molecule has 2 rings (SSSR count). The molecule has 2 aromatic carbocycles. The summed E-state index contributed by atoms with van der Waals surface area (Å²) in [5, 5.41) is 0. The van der Waals surface area contributed by atoms with E-state index in [-0.39, 0.29) is 13.0 Å². The van der Waals surface area contributed by atoms with Gasteiger partial charge in [0, 0.05) is 6.10 Å². The Morgan fingerprint density at radius 2 is 1.18 bits per heavy atom. The monoisotopic (exact) mass is 224 g/mol. The van der Waals surface area contributed by atoms with E-state index < -0.39 is 0 Å². The summed E-state index contributed by atoms with van der Waals surface area (Å²) < 4.78 is 6.02. The summed E-state index contributed by atoms with van der Waals surface area (Å²) in [4.78, 5) is 0. The molecule has 0 N–H and O–H groups in total. The Kier molecular flexibility index (Phi) is 4.00. The predicted octanol–water partition coefficient (Wildman–Crippen LogP) is 2.22. The molecule has 86 valence electrons. The average Bonchev–Trinajstić information content (AvgIpc) is 2.38. The van der Waals surface area contributed by atoms with E-state index in [1.165, 1.54) is 10.9 Å². The molecule has 0 amide bonds. The van der Waals surface area contributed by atoms with E-state index in [2.05, 4.69) is 62.4 Å². The van der Waals surface area contributed by atoms with Crippen LogP contribution in [0.15, 0.2) is 60.7 Å². The van der Waals surface area contributed by atoms with Gasteiger partial charge in [-0.3, -0.25) is 0 Å². The van der Waals surface area contributed by atoms with Crippen molar-refractivity contribution >= 4 is 17.8 Å². The van der Waals surface area contributed by atoms with Gasteiger partial charge in [0.15, 0.2) is 0 Å². The van der Waals surface area contributed by atoms with Crippen molar-refractivity contribution in [3.8, 4) is 0 Å². The third kappa shape index (κ3) is 3.21. The van der Waals surface area contributed by atoms with Crippen molar-refractivity contribution in [2.24, 2.45) is 0 Å². The van der Waals surface area contributed by atoms with Crippen LogP contribution in [0.3, 0.4) is 0 Å². The Labute approximate surface area is 104 Å². The summed E-state index contributed by atoms with van der Waals surface area (Å²) in [5.74, 6) is 0. The van der Waals surface area contributed by atoms with Crippen LogP contribution in [0.1, 0.15) is 13.8 Å². The van der Waals surface area contributed by atoms with Crippen LogP contribution in [0.25, 0.3) is 0 Å². The molecule has 0 fully saturated rings. The van der Waals surface area contributed by atoms with Crippen LogP contribution < -0.4 is 10.9 Å². The van der Waals surface area contributed by atoms with Crippen molar-refractivity contribution in [2.45, 2.75) is 20.0 Å². The van der Waals surface area contributed by atoms with Crippen molar-refractivity contribution in [3.05, 3.63) is 60.7 Å². The van der Waals surface area contributed by atoms with Crippen LogP contribution >= 0.6 is 0 Å². The first kappa shape index (κ1) is 11.9. The molecule has 0 unspecified atom stereocenters. The summed E-state index contributed by atoms with van der Waals surface area (Å²) in [6.45, 7) is 4.16. The van der Waals surface area contributed by atoms with E-state index >= 15 is 0 Å². The molecular weight excluding hydrogens is 207 g/mol. The van der Waals surface area contributed by atoms with Crippen LogP contribution in [0.5, 0.6) is 0 Å². The fraction of sp³-hybridized carbons (Fsp3) is 0.200. The van der Waals surface area contributed by atoms with Crippen molar-refractivity contribution in [3.63, 3.8) is 0 Å². The van der Waals surface area contributed by atoms with E-state index in [1.807, 2.05) is 12.1 Å². The SMILES string of the molecule is CC(C)OB(c1ccccc1)c1ccccc1. The molecule has 0 atom stereocenters. The van der Waals surface area contributed by atoms with Gasteiger partial charge in [0.05, 0.1) is 0 Å². The molecule has 0 aliphatic carbocycles. The van der Waals surface area contributed by atoms with Gasteiger partial charge in [0.1, 0.15) is 0 Å². The minimum absolute atomic E-state index is 0.0254. The third-order valence-corrected chi connectivity index (χ3v) is 2.61. The molecule has 1 nitrogen and oxygen atoms in total. The molecule has 2 aromatic rings. The van der Waals surface area contributed by atoms with E-state index in [1.54, 1.807) is 0 Å². The van der Waals surface area contributed by atoms with Gasteiger partial charge in [0.2, 0.25) is 0 Å². The predicted molar refractivity (Wildman–Crippen MR) is 74.1 cm³/mol. The summed E-state index contributed by atoms with van der Waals surface area (Å²) in [5.41, 5.74) is 2.40. The van der Waals surface area contributed by atoms with Gasteiger partial charge in [0.25, 0.3) is 0 Å². The molecule has 0 saturated carbocycles. The van der Waals surface area contributed by atoms with Crippen molar-refractivity contribution in [1.29, 1.82) is 0 Å². The van der Waals surface area contributed by atoms with E-state index in [0.29, 0.717) is 0 Å². The smallest absolute Gasteiger partial charge is 0.361 e. The summed E-state index contributed by atoms with van der Waals surface area (Å²) in [6.07, 6.45) is 0.209. The maximum Gasteiger partial charge on any atom is 0.361 e. The second kappa shape index (κ2) is 5.69. The van der Waals surface area contributed by atoms with Crippen molar-refractivity contribution < 1.29 is 4.65 Å². The maximum atomic E-state index is 6.02. The molecule has 2 heteroatoms. The van der Waals surface area contributed by atoms with Crippen LogP contribution in [-0.2, 0) is 4.65 Å². The molecule has 0 radical (unpaired) electrons. The van der Waals surface area contributed by atoms with E-state index in [4.69, 9.17) is 4.65 Å². The highest BCUT2D eigenvalue weighted by Crippen LogP contribution is 1.98. The highest BCUT2D eigenvalue weighted by molar-refractivity contribution is 6.80. The second-order valence-electron chi connectivity index (χ2n) is 4.39. The van der Waals surface area contributed by atoms with Gasteiger partial charge in [-0.05, 0) is 24.8 Å². The third-order valence-electron chi connectivity index (χ3n) is 2.61. The Morgan fingerprint density at radius 1 is 0.765 bits per heavy atom. The normalized spacial score (nSPS) is 10.5. The molecule has 0 aromatic heterocycles. The zero-order valence-electron chi connectivity index (χ0n) is 10.3. The molecule has 0 spiro atoms. The fourth-order valence-electron chi connectivity index (χ4n) is 1.88. The summed E-state index contributed by atoms with van der Waals surface area (Å²) >= 11 is 0. The van der Waals surface area contributed by atoms with Gasteiger partial charge in [-0.15, -0.1) is 0 Å². The lowest BCUT2D eigenvalue weighted by Gasteiger charge is -2.18. The highest BCUT2D eigenvalue weighted by Gasteiger charge is 2.21. The lowest BCUT2D eigenvalue weighted by Crippen LogP contribution is -2.46. The van der Waals surface area contributed by atoms with Crippen molar-refractivity contribution in [1.82, 2.24) is 0 Å². The fourth-order valence-corrected chi connectivity index (χ4v) is 1.88.